The van der Waals surface area contributed by atoms with Gasteiger partial charge >= 0.3 is 11.8 Å². The van der Waals surface area contributed by atoms with Gasteiger partial charge in [0.15, 0.2) is 6.61 Å². The molecule has 0 radical (unpaired) electrons. The first-order valence-corrected chi connectivity index (χ1v) is 10.8. The Balaban J connectivity index is 1.49. The summed E-state index contributed by atoms with van der Waals surface area (Å²) in [4.78, 5) is 35.9. The van der Waals surface area contributed by atoms with Crippen molar-refractivity contribution in [1.29, 1.82) is 0 Å². The van der Waals surface area contributed by atoms with E-state index < -0.39 is 17.6 Å². The molecule has 0 spiro atoms. The molecule has 3 N–H and O–H groups in total. The molecule has 0 fully saturated rings. The number of nitrogens with one attached hydrogen (secondary N) is 3. The maximum atomic E-state index is 13.6. The first kappa shape index (κ1) is 24.6. The number of benzene rings is 3. The van der Waals surface area contributed by atoms with Crippen LogP contribution in [0.15, 0.2) is 76.3 Å². The van der Waals surface area contributed by atoms with Gasteiger partial charge in [0, 0.05) is 10.2 Å². The van der Waals surface area contributed by atoms with Crippen molar-refractivity contribution in [2.24, 2.45) is 5.10 Å². The molecule has 3 aromatic rings. The number of halogens is 2. The van der Waals surface area contributed by atoms with Crippen LogP contribution in [0.25, 0.3) is 0 Å². The number of amides is 3. The number of carbonyl (C=O) groups is 3. The van der Waals surface area contributed by atoms with E-state index >= 15 is 0 Å². The van der Waals surface area contributed by atoms with Gasteiger partial charge in [-0.15, -0.1) is 0 Å². The molecular formula is C24H20BrFN4O4. The molecule has 8 nitrogen and oxygen atoms in total. The third-order valence-electron chi connectivity index (χ3n) is 4.40. The van der Waals surface area contributed by atoms with Gasteiger partial charge in [-0.05, 0) is 60.5 Å². The van der Waals surface area contributed by atoms with Crippen molar-refractivity contribution in [3.05, 3.63) is 88.1 Å². The van der Waals surface area contributed by atoms with Gasteiger partial charge in [-0.25, -0.2) is 9.82 Å². The van der Waals surface area contributed by atoms with E-state index in [1.165, 1.54) is 24.4 Å². The third-order valence-corrected chi connectivity index (χ3v) is 4.89. The zero-order valence-corrected chi connectivity index (χ0v) is 19.6. The van der Waals surface area contributed by atoms with Gasteiger partial charge in [-0.1, -0.05) is 40.2 Å². The molecule has 0 saturated carbocycles. The lowest BCUT2D eigenvalue weighted by Crippen LogP contribution is -2.32. The summed E-state index contributed by atoms with van der Waals surface area (Å²) in [7, 11) is 0. The number of para-hydroxylation sites is 1. The number of hydrogen-bond acceptors (Lipinski definition) is 5. The van der Waals surface area contributed by atoms with Crippen molar-refractivity contribution in [2.45, 2.75) is 6.92 Å². The minimum atomic E-state index is -1.06. The van der Waals surface area contributed by atoms with Crippen molar-refractivity contribution in [3.8, 4) is 5.75 Å². The molecule has 0 unspecified atom stereocenters. The monoisotopic (exact) mass is 526 g/mol. The van der Waals surface area contributed by atoms with Crippen LogP contribution in [0.3, 0.4) is 0 Å². The maximum absolute atomic E-state index is 13.6. The zero-order valence-electron chi connectivity index (χ0n) is 18.0. The van der Waals surface area contributed by atoms with Crippen molar-refractivity contribution in [3.63, 3.8) is 0 Å². The van der Waals surface area contributed by atoms with Crippen LogP contribution in [0, 0.1) is 12.7 Å². The molecular weight excluding hydrogens is 507 g/mol. The number of anilines is 2. The molecule has 3 aromatic carbocycles. The molecule has 0 atom stereocenters. The smallest absolute Gasteiger partial charge is 0.329 e. The van der Waals surface area contributed by atoms with Crippen LogP contribution in [0.4, 0.5) is 15.8 Å². The maximum Gasteiger partial charge on any atom is 0.329 e. The Hall–Kier alpha value is -4.05. The SMILES string of the molecule is Cc1cc(Br)ccc1NC(=O)COc1cccc(/C=N\NC(=O)C(=O)Nc2ccccc2F)c1. The Morgan fingerprint density at radius 3 is 2.53 bits per heavy atom. The molecule has 0 aliphatic heterocycles. The van der Waals surface area contributed by atoms with Gasteiger partial charge in [0.25, 0.3) is 5.91 Å². The number of hydrazone groups is 1. The minimum Gasteiger partial charge on any atom is -0.484 e. The molecule has 0 aromatic heterocycles. The van der Waals surface area contributed by atoms with Crippen LogP contribution in [-0.2, 0) is 14.4 Å². The summed E-state index contributed by atoms with van der Waals surface area (Å²) in [5.74, 6) is -2.70. The Kier molecular flexibility index (Phi) is 8.47. The predicted octanol–water partition coefficient (Wildman–Crippen LogP) is 4.00. The topological polar surface area (TPSA) is 109 Å². The number of aryl methyl sites for hydroxylation is 1. The molecule has 0 bridgehead atoms. The summed E-state index contributed by atoms with van der Waals surface area (Å²) >= 11 is 3.37. The Labute approximate surface area is 203 Å². The van der Waals surface area contributed by atoms with Crippen LogP contribution in [-0.4, -0.2) is 30.5 Å². The van der Waals surface area contributed by atoms with Crippen molar-refractivity contribution < 1.29 is 23.5 Å². The highest BCUT2D eigenvalue weighted by Crippen LogP contribution is 2.20. The molecule has 0 heterocycles. The first-order chi connectivity index (χ1) is 16.3. The predicted molar refractivity (Wildman–Crippen MR) is 130 cm³/mol. The fourth-order valence-corrected chi connectivity index (χ4v) is 3.22. The third kappa shape index (κ3) is 7.24. The van der Waals surface area contributed by atoms with E-state index in [2.05, 4.69) is 37.1 Å². The summed E-state index contributed by atoms with van der Waals surface area (Å²) in [6, 6.07) is 17.6. The second kappa shape index (κ2) is 11.7. The number of ether oxygens (including phenoxy) is 1. The Morgan fingerprint density at radius 1 is 0.971 bits per heavy atom. The van der Waals surface area contributed by atoms with Crippen molar-refractivity contribution in [1.82, 2.24) is 5.43 Å². The Morgan fingerprint density at radius 2 is 1.76 bits per heavy atom. The van der Waals surface area contributed by atoms with Gasteiger partial charge in [0.05, 0.1) is 11.9 Å². The molecule has 0 saturated heterocycles. The lowest BCUT2D eigenvalue weighted by atomic mass is 10.2. The lowest BCUT2D eigenvalue weighted by Gasteiger charge is -2.10. The number of carbonyl (C=O) groups excluding carboxylic acids is 3. The van der Waals surface area contributed by atoms with E-state index in [9.17, 15) is 18.8 Å². The first-order valence-electron chi connectivity index (χ1n) is 9.99. The number of nitrogens with zero attached hydrogens (tertiary/aromatic N) is 1. The largest absolute Gasteiger partial charge is 0.484 e. The van der Waals surface area contributed by atoms with Crippen LogP contribution >= 0.6 is 15.9 Å². The standard InChI is InChI=1S/C24H20BrFN4O4/c1-15-11-17(25)9-10-20(15)28-22(31)14-34-18-6-4-5-16(12-18)13-27-30-24(33)23(32)29-21-8-3-2-7-19(21)26/h2-13H,14H2,1H3,(H,28,31)(H,29,32)(H,30,33)/b27-13-. The van der Waals surface area contributed by atoms with E-state index in [1.807, 2.05) is 19.1 Å². The molecule has 3 amide bonds. The molecule has 174 valence electrons. The van der Waals surface area contributed by atoms with Gasteiger partial charge in [0.1, 0.15) is 11.6 Å². The highest BCUT2D eigenvalue weighted by atomic mass is 79.9. The van der Waals surface area contributed by atoms with E-state index in [4.69, 9.17) is 4.74 Å². The fraction of sp³-hybridized carbons (Fsp3) is 0.0833. The quantitative estimate of drug-likeness (QED) is 0.245. The van der Waals surface area contributed by atoms with E-state index in [0.717, 1.165) is 16.1 Å². The van der Waals surface area contributed by atoms with E-state index in [1.54, 1.807) is 30.3 Å². The zero-order chi connectivity index (χ0) is 24.5. The number of rotatable bonds is 7. The van der Waals surface area contributed by atoms with Crippen molar-refractivity contribution >= 4 is 51.2 Å². The van der Waals surface area contributed by atoms with Crippen LogP contribution in [0.1, 0.15) is 11.1 Å². The summed E-state index contributed by atoms with van der Waals surface area (Å²) in [6.07, 6.45) is 1.30. The summed E-state index contributed by atoms with van der Waals surface area (Å²) in [6.45, 7) is 1.68. The molecule has 0 aliphatic rings. The minimum absolute atomic E-state index is 0.115. The van der Waals surface area contributed by atoms with Crippen LogP contribution < -0.4 is 20.8 Å². The van der Waals surface area contributed by atoms with E-state index in [-0.39, 0.29) is 18.2 Å². The van der Waals surface area contributed by atoms with Crippen LogP contribution in [0.2, 0.25) is 0 Å². The van der Waals surface area contributed by atoms with Gasteiger partial charge in [0.2, 0.25) is 0 Å². The molecule has 34 heavy (non-hydrogen) atoms. The highest BCUT2D eigenvalue weighted by molar-refractivity contribution is 9.10. The van der Waals surface area contributed by atoms with Gasteiger partial charge in [-0.2, -0.15) is 5.10 Å². The summed E-state index contributed by atoms with van der Waals surface area (Å²) in [5.41, 5.74) is 4.10. The van der Waals surface area contributed by atoms with Gasteiger partial charge in [-0.3, -0.25) is 14.4 Å². The fourth-order valence-electron chi connectivity index (χ4n) is 2.75. The lowest BCUT2D eigenvalue weighted by molar-refractivity contribution is -0.136. The average Bonchev–Trinajstić information content (AvgIpc) is 2.81. The Bertz CT molecular complexity index is 1250. The molecule has 0 aliphatic carbocycles. The summed E-state index contributed by atoms with van der Waals surface area (Å²) < 4.78 is 20.0. The molecule has 3 rings (SSSR count). The second-order valence-electron chi connectivity index (χ2n) is 7.00. The van der Waals surface area contributed by atoms with Crippen LogP contribution in [0.5, 0.6) is 5.75 Å². The highest BCUT2D eigenvalue weighted by Gasteiger charge is 2.14. The number of hydrogen-bond donors (Lipinski definition) is 3. The molecule has 10 heteroatoms. The summed E-state index contributed by atoms with van der Waals surface area (Å²) in [5, 5.41) is 8.66. The van der Waals surface area contributed by atoms with E-state index in [0.29, 0.717) is 17.0 Å². The van der Waals surface area contributed by atoms with Gasteiger partial charge < -0.3 is 15.4 Å². The average molecular weight is 527 g/mol. The second-order valence-corrected chi connectivity index (χ2v) is 7.92. The van der Waals surface area contributed by atoms with Crippen molar-refractivity contribution in [2.75, 3.05) is 17.2 Å². The normalized spacial score (nSPS) is 10.6.